The Morgan fingerprint density at radius 3 is 1.70 bits per heavy atom. The summed E-state index contributed by atoms with van der Waals surface area (Å²) >= 11 is 0. The highest BCUT2D eigenvalue weighted by Crippen LogP contribution is 2.32. The second kappa shape index (κ2) is 9.07. The molecule has 3 atom stereocenters. The minimum Gasteiger partial charge on any atom is -0.370 e. The highest BCUT2D eigenvalue weighted by molar-refractivity contribution is 4.86. The fourth-order valence-electron chi connectivity index (χ4n) is 3.07. The van der Waals surface area contributed by atoms with Crippen molar-refractivity contribution < 1.29 is 4.74 Å². The number of hydrogen-bond acceptors (Lipinski definition) is 1. The van der Waals surface area contributed by atoms with Gasteiger partial charge < -0.3 is 4.74 Å². The average molecular weight is 283 g/mol. The van der Waals surface area contributed by atoms with E-state index < -0.39 is 0 Å². The van der Waals surface area contributed by atoms with Crippen LogP contribution in [-0.2, 0) is 4.74 Å². The van der Waals surface area contributed by atoms with Gasteiger partial charge in [-0.3, -0.25) is 0 Å². The van der Waals surface area contributed by atoms with Gasteiger partial charge >= 0.3 is 0 Å². The lowest BCUT2D eigenvalue weighted by molar-refractivity contribution is 0.293. The molecule has 1 heteroatoms. The molecule has 0 aromatic carbocycles. The summed E-state index contributed by atoms with van der Waals surface area (Å²) < 4.78 is 5.44. The van der Waals surface area contributed by atoms with Crippen LogP contribution in [0.5, 0.6) is 0 Å². The van der Waals surface area contributed by atoms with E-state index in [1.165, 1.54) is 57.8 Å². The number of hydrogen-bond donors (Lipinski definition) is 0. The van der Waals surface area contributed by atoms with E-state index in [0.29, 0.717) is 0 Å². The first-order valence-electron chi connectivity index (χ1n) is 9.05. The van der Waals surface area contributed by atoms with Gasteiger partial charge in [0.15, 0.2) is 0 Å². The molecular formula is C19H38O. The first kappa shape index (κ1) is 18.0. The Morgan fingerprint density at radius 1 is 0.800 bits per heavy atom. The number of epoxide rings is 1. The molecule has 0 spiro atoms. The first-order valence-corrected chi connectivity index (χ1v) is 9.05. The van der Waals surface area contributed by atoms with Crippen molar-refractivity contribution in [2.75, 3.05) is 6.61 Å². The Balaban J connectivity index is 1.90. The van der Waals surface area contributed by atoms with Gasteiger partial charge in [0.05, 0.1) is 12.2 Å². The Hall–Kier alpha value is -0.0400. The van der Waals surface area contributed by atoms with Crippen LogP contribution in [-0.4, -0.2) is 12.2 Å². The van der Waals surface area contributed by atoms with Crippen molar-refractivity contribution in [3.05, 3.63) is 0 Å². The van der Waals surface area contributed by atoms with Gasteiger partial charge in [0, 0.05) is 0 Å². The maximum Gasteiger partial charge on any atom is 0.0888 e. The quantitative estimate of drug-likeness (QED) is 0.387. The highest BCUT2D eigenvalue weighted by Gasteiger charge is 2.38. The normalized spacial score (nSPS) is 24.9. The maximum atomic E-state index is 5.44. The van der Waals surface area contributed by atoms with Crippen molar-refractivity contribution in [3.8, 4) is 0 Å². The zero-order chi connectivity index (χ0) is 15.0. The summed E-state index contributed by atoms with van der Waals surface area (Å²) in [6.07, 6.45) is 12.6. The van der Waals surface area contributed by atoms with Gasteiger partial charge in [0.1, 0.15) is 0 Å². The zero-order valence-corrected chi connectivity index (χ0v) is 14.7. The molecule has 20 heavy (non-hydrogen) atoms. The molecule has 120 valence electrons. The van der Waals surface area contributed by atoms with Crippen LogP contribution < -0.4 is 0 Å². The van der Waals surface area contributed by atoms with Crippen LogP contribution in [0.15, 0.2) is 0 Å². The molecule has 0 amide bonds. The van der Waals surface area contributed by atoms with E-state index in [1.807, 2.05) is 0 Å². The van der Waals surface area contributed by atoms with Gasteiger partial charge in [-0.05, 0) is 31.1 Å². The molecule has 1 fully saturated rings. The van der Waals surface area contributed by atoms with Gasteiger partial charge in [-0.2, -0.15) is 0 Å². The third-order valence-corrected chi connectivity index (χ3v) is 4.91. The third kappa shape index (κ3) is 9.00. The van der Waals surface area contributed by atoms with Crippen LogP contribution in [0.3, 0.4) is 0 Å². The van der Waals surface area contributed by atoms with Gasteiger partial charge in [-0.25, -0.2) is 0 Å². The molecule has 0 bridgehead atoms. The molecule has 1 nitrogen and oxygen atoms in total. The minimum absolute atomic E-state index is 0.269. The van der Waals surface area contributed by atoms with E-state index in [9.17, 15) is 0 Å². The molecule has 1 aliphatic heterocycles. The van der Waals surface area contributed by atoms with Crippen molar-refractivity contribution in [1.29, 1.82) is 0 Å². The molecule has 0 aliphatic carbocycles. The van der Waals surface area contributed by atoms with Crippen molar-refractivity contribution in [3.63, 3.8) is 0 Å². The molecule has 0 aromatic rings. The summed E-state index contributed by atoms with van der Waals surface area (Å²) in [5.74, 6) is 2.71. The SMILES string of the molecule is CC(C)CCCC(C)CCCC(C)CCC[C@]1(C)CO1. The lowest BCUT2D eigenvalue weighted by Crippen LogP contribution is -2.05. The third-order valence-electron chi connectivity index (χ3n) is 4.91. The lowest BCUT2D eigenvalue weighted by atomic mass is 9.91. The molecule has 0 N–H and O–H groups in total. The lowest BCUT2D eigenvalue weighted by Gasteiger charge is -2.15. The monoisotopic (exact) mass is 282 g/mol. The Kier molecular flexibility index (Phi) is 8.17. The minimum atomic E-state index is 0.269. The molecule has 0 radical (unpaired) electrons. The van der Waals surface area contributed by atoms with Crippen LogP contribution in [0.25, 0.3) is 0 Å². The topological polar surface area (TPSA) is 12.5 Å². The van der Waals surface area contributed by atoms with Crippen molar-refractivity contribution >= 4 is 0 Å². The molecular weight excluding hydrogens is 244 g/mol. The molecule has 0 aromatic heterocycles. The average Bonchev–Trinajstić information content (AvgIpc) is 3.07. The Bertz CT molecular complexity index is 242. The summed E-state index contributed by atoms with van der Waals surface area (Å²) in [5, 5.41) is 0. The second-order valence-electron chi connectivity index (χ2n) is 8.10. The van der Waals surface area contributed by atoms with Crippen molar-refractivity contribution in [2.45, 2.75) is 98.0 Å². The van der Waals surface area contributed by atoms with Gasteiger partial charge in [0.25, 0.3) is 0 Å². The number of rotatable bonds is 12. The van der Waals surface area contributed by atoms with Crippen LogP contribution in [0.1, 0.15) is 92.4 Å². The predicted octanol–water partition coefficient (Wildman–Crippen LogP) is 6.21. The molecule has 1 saturated heterocycles. The maximum absolute atomic E-state index is 5.44. The van der Waals surface area contributed by atoms with Crippen LogP contribution in [0.4, 0.5) is 0 Å². The molecule has 0 saturated carbocycles. The van der Waals surface area contributed by atoms with E-state index >= 15 is 0 Å². The first-order chi connectivity index (χ1) is 9.41. The zero-order valence-electron chi connectivity index (χ0n) is 14.7. The summed E-state index contributed by atoms with van der Waals surface area (Å²) in [5.41, 5.74) is 0.269. The van der Waals surface area contributed by atoms with Gasteiger partial charge in [-0.15, -0.1) is 0 Å². The molecule has 1 heterocycles. The standard InChI is InChI=1S/C19H38O/c1-16(2)9-6-10-17(3)11-7-12-18(4)13-8-14-19(5)15-20-19/h16-18H,6-15H2,1-5H3/t17?,18?,19-/m1/s1. The van der Waals surface area contributed by atoms with Crippen molar-refractivity contribution in [1.82, 2.24) is 0 Å². The van der Waals surface area contributed by atoms with Gasteiger partial charge in [-0.1, -0.05) is 79.1 Å². The number of ether oxygens (including phenoxy) is 1. The van der Waals surface area contributed by atoms with Crippen LogP contribution >= 0.6 is 0 Å². The molecule has 1 rings (SSSR count). The highest BCUT2D eigenvalue weighted by atomic mass is 16.6. The smallest absolute Gasteiger partial charge is 0.0888 e. The van der Waals surface area contributed by atoms with Crippen LogP contribution in [0, 0.1) is 17.8 Å². The van der Waals surface area contributed by atoms with E-state index in [1.54, 1.807) is 0 Å². The van der Waals surface area contributed by atoms with E-state index in [-0.39, 0.29) is 5.60 Å². The summed E-state index contributed by atoms with van der Waals surface area (Å²) in [7, 11) is 0. The second-order valence-corrected chi connectivity index (χ2v) is 8.10. The van der Waals surface area contributed by atoms with Crippen molar-refractivity contribution in [2.24, 2.45) is 17.8 Å². The molecule has 1 aliphatic rings. The fraction of sp³-hybridized carbons (Fsp3) is 1.00. The van der Waals surface area contributed by atoms with E-state index in [4.69, 9.17) is 4.74 Å². The van der Waals surface area contributed by atoms with E-state index in [2.05, 4.69) is 34.6 Å². The molecule has 2 unspecified atom stereocenters. The fourth-order valence-corrected chi connectivity index (χ4v) is 3.07. The van der Waals surface area contributed by atoms with Gasteiger partial charge in [0.2, 0.25) is 0 Å². The summed E-state index contributed by atoms with van der Waals surface area (Å²) in [4.78, 5) is 0. The summed E-state index contributed by atoms with van der Waals surface area (Å²) in [6, 6.07) is 0. The van der Waals surface area contributed by atoms with Crippen LogP contribution in [0.2, 0.25) is 0 Å². The van der Waals surface area contributed by atoms with E-state index in [0.717, 1.165) is 24.4 Å². The largest absolute Gasteiger partial charge is 0.370 e. The summed E-state index contributed by atoms with van der Waals surface area (Å²) in [6.45, 7) is 12.8. The predicted molar refractivity (Wildman–Crippen MR) is 89.1 cm³/mol. The Morgan fingerprint density at radius 2 is 1.25 bits per heavy atom. The Labute approximate surface area is 127 Å².